The van der Waals surface area contributed by atoms with Crippen molar-refractivity contribution >= 4 is 33.6 Å². The molecule has 0 heterocycles. The van der Waals surface area contributed by atoms with Crippen LogP contribution in [0, 0.1) is 23.7 Å². The Labute approximate surface area is 166 Å². The van der Waals surface area contributed by atoms with Gasteiger partial charge in [-0.15, -0.1) is 6.42 Å². The highest BCUT2D eigenvalue weighted by Crippen LogP contribution is 2.35. The molecule has 0 aliphatic carbocycles. The molecule has 0 aromatic heterocycles. The summed E-state index contributed by atoms with van der Waals surface area (Å²) in [7, 11) is 0. The Morgan fingerprint density at radius 1 is 1.26 bits per heavy atom. The molecule has 136 valence electrons. The molecule has 5 nitrogen and oxygen atoms in total. The number of nitrogens with zero attached hydrogens (tertiary/aromatic N) is 1. The minimum atomic E-state index is -0.499. The van der Waals surface area contributed by atoms with Gasteiger partial charge in [0.1, 0.15) is 18.2 Å². The van der Waals surface area contributed by atoms with Gasteiger partial charge in [0.15, 0.2) is 11.5 Å². The molecule has 0 unspecified atom stereocenters. The van der Waals surface area contributed by atoms with E-state index in [9.17, 15) is 10.1 Å². The lowest BCUT2D eigenvalue weighted by molar-refractivity contribution is -0.112. The van der Waals surface area contributed by atoms with Gasteiger partial charge in [-0.3, -0.25) is 4.79 Å². The number of para-hydroxylation sites is 1. The monoisotopic (exact) mass is 424 g/mol. The number of ether oxygens (including phenoxy) is 2. The van der Waals surface area contributed by atoms with Crippen LogP contribution in [0.2, 0.25) is 0 Å². The van der Waals surface area contributed by atoms with E-state index in [-0.39, 0.29) is 12.2 Å². The van der Waals surface area contributed by atoms with Crippen LogP contribution < -0.4 is 14.8 Å². The maximum atomic E-state index is 12.4. The van der Waals surface area contributed by atoms with Crippen molar-refractivity contribution in [1.82, 2.24) is 0 Å². The van der Waals surface area contributed by atoms with Gasteiger partial charge in [-0.05, 0) is 42.8 Å². The fourth-order valence-corrected chi connectivity index (χ4v) is 2.62. The zero-order valence-electron chi connectivity index (χ0n) is 14.7. The van der Waals surface area contributed by atoms with E-state index in [2.05, 4.69) is 27.2 Å². The number of terminal acetylenes is 1. The molecule has 2 aromatic rings. The Morgan fingerprint density at radius 2 is 1.96 bits per heavy atom. The molecule has 0 radical (unpaired) electrons. The predicted molar refractivity (Wildman–Crippen MR) is 108 cm³/mol. The van der Waals surface area contributed by atoms with Crippen LogP contribution in [0.15, 0.2) is 52.5 Å². The normalized spacial score (nSPS) is 10.4. The van der Waals surface area contributed by atoms with Gasteiger partial charge >= 0.3 is 0 Å². The Kier molecular flexibility index (Phi) is 7.49. The lowest BCUT2D eigenvalue weighted by Gasteiger charge is -2.13. The minimum Gasteiger partial charge on any atom is -0.490 e. The van der Waals surface area contributed by atoms with Gasteiger partial charge in [0.25, 0.3) is 5.91 Å². The molecule has 6 heteroatoms. The van der Waals surface area contributed by atoms with E-state index >= 15 is 0 Å². The zero-order chi connectivity index (χ0) is 19.6. The van der Waals surface area contributed by atoms with Crippen molar-refractivity contribution in [3.8, 4) is 29.9 Å². The summed E-state index contributed by atoms with van der Waals surface area (Å²) in [5.74, 6) is 2.85. The number of carbonyl (C=O) groups excluding carboxylic acids is 1. The Morgan fingerprint density at radius 3 is 2.59 bits per heavy atom. The van der Waals surface area contributed by atoms with E-state index in [0.717, 1.165) is 0 Å². The summed E-state index contributed by atoms with van der Waals surface area (Å²) in [5, 5.41) is 12.1. The molecule has 1 N–H and O–H groups in total. The number of benzene rings is 2. The average molecular weight is 425 g/mol. The number of hydrogen-bond acceptors (Lipinski definition) is 4. The van der Waals surface area contributed by atoms with Gasteiger partial charge in [0, 0.05) is 10.2 Å². The van der Waals surface area contributed by atoms with Crippen LogP contribution in [0.1, 0.15) is 12.5 Å². The fraction of sp³-hybridized carbons (Fsp3) is 0.143. The average Bonchev–Trinajstić information content (AvgIpc) is 2.67. The zero-order valence-corrected chi connectivity index (χ0v) is 16.2. The van der Waals surface area contributed by atoms with Gasteiger partial charge in [0.05, 0.1) is 6.61 Å². The Bertz CT molecular complexity index is 925. The minimum absolute atomic E-state index is 0.0423. The topological polar surface area (TPSA) is 71.3 Å². The van der Waals surface area contributed by atoms with Gasteiger partial charge < -0.3 is 14.8 Å². The van der Waals surface area contributed by atoms with Crippen molar-refractivity contribution in [1.29, 1.82) is 5.26 Å². The smallest absolute Gasteiger partial charge is 0.266 e. The highest BCUT2D eigenvalue weighted by molar-refractivity contribution is 9.10. The van der Waals surface area contributed by atoms with Crippen molar-refractivity contribution in [3.63, 3.8) is 0 Å². The van der Waals surface area contributed by atoms with Crippen LogP contribution in [0.3, 0.4) is 0 Å². The van der Waals surface area contributed by atoms with Crippen LogP contribution in [-0.2, 0) is 4.79 Å². The third-order valence-electron chi connectivity index (χ3n) is 3.37. The van der Waals surface area contributed by atoms with E-state index in [4.69, 9.17) is 15.9 Å². The van der Waals surface area contributed by atoms with Crippen molar-refractivity contribution < 1.29 is 14.3 Å². The third kappa shape index (κ3) is 5.64. The maximum absolute atomic E-state index is 12.4. The number of halogens is 1. The molecule has 0 spiro atoms. The maximum Gasteiger partial charge on any atom is 0.266 e. The summed E-state index contributed by atoms with van der Waals surface area (Å²) in [6, 6.07) is 14.2. The van der Waals surface area contributed by atoms with E-state index < -0.39 is 5.91 Å². The molecule has 0 aliphatic rings. The summed E-state index contributed by atoms with van der Waals surface area (Å²) < 4.78 is 11.7. The van der Waals surface area contributed by atoms with Gasteiger partial charge in [-0.25, -0.2) is 0 Å². The molecule has 2 aromatic carbocycles. The van der Waals surface area contributed by atoms with Crippen molar-refractivity contribution in [2.75, 3.05) is 18.5 Å². The molecule has 0 saturated carbocycles. The molecular weight excluding hydrogens is 408 g/mol. The van der Waals surface area contributed by atoms with Crippen molar-refractivity contribution in [2.24, 2.45) is 0 Å². The molecule has 0 fully saturated rings. The predicted octanol–water partition coefficient (Wildman–Crippen LogP) is 4.41. The first-order chi connectivity index (χ1) is 13.1. The number of nitrogens with one attached hydrogen (secondary N) is 1. The lowest BCUT2D eigenvalue weighted by Crippen LogP contribution is -2.13. The van der Waals surface area contributed by atoms with Crippen LogP contribution in [-0.4, -0.2) is 19.1 Å². The quantitative estimate of drug-likeness (QED) is 0.406. The molecular formula is C21H17BrN2O3. The fourth-order valence-electron chi connectivity index (χ4n) is 2.19. The van der Waals surface area contributed by atoms with Crippen LogP contribution in [0.5, 0.6) is 11.5 Å². The van der Waals surface area contributed by atoms with E-state index in [1.54, 1.807) is 36.4 Å². The van der Waals surface area contributed by atoms with Gasteiger partial charge in [-0.1, -0.05) is 40.0 Å². The van der Waals surface area contributed by atoms with E-state index in [1.807, 2.05) is 19.1 Å². The molecule has 0 bridgehead atoms. The number of carbonyl (C=O) groups is 1. The first-order valence-corrected chi connectivity index (χ1v) is 8.89. The number of amides is 1. The highest BCUT2D eigenvalue weighted by atomic mass is 79.9. The number of nitriles is 1. The highest BCUT2D eigenvalue weighted by Gasteiger charge is 2.14. The van der Waals surface area contributed by atoms with E-state index in [1.165, 1.54) is 6.08 Å². The molecule has 2 rings (SSSR count). The second-order valence-electron chi connectivity index (χ2n) is 5.24. The van der Waals surface area contributed by atoms with Crippen molar-refractivity contribution in [2.45, 2.75) is 6.92 Å². The summed E-state index contributed by atoms with van der Waals surface area (Å²) in [5.41, 5.74) is 1.17. The number of hydrogen-bond donors (Lipinski definition) is 1. The molecule has 0 aliphatic heterocycles. The lowest BCUT2D eigenvalue weighted by atomic mass is 10.1. The van der Waals surface area contributed by atoms with Gasteiger partial charge in [0.2, 0.25) is 0 Å². The van der Waals surface area contributed by atoms with Gasteiger partial charge in [-0.2, -0.15) is 5.26 Å². The SMILES string of the molecule is C#CCOc1cc(Br)c(/C=C(\C#N)C(=O)Nc2ccccc2)cc1OCC. The summed E-state index contributed by atoms with van der Waals surface area (Å²) in [6.45, 7) is 2.37. The van der Waals surface area contributed by atoms with Crippen LogP contribution in [0.4, 0.5) is 5.69 Å². The molecule has 0 atom stereocenters. The second kappa shape index (κ2) is 10.1. The Balaban J connectivity index is 2.34. The first-order valence-electron chi connectivity index (χ1n) is 8.09. The van der Waals surface area contributed by atoms with Crippen LogP contribution in [0.25, 0.3) is 6.08 Å². The summed E-state index contributed by atoms with van der Waals surface area (Å²) in [4.78, 5) is 12.4. The largest absolute Gasteiger partial charge is 0.490 e. The standard InChI is InChI=1S/C21H17BrN2O3/c1-3-10-27-20-13-18(22)15(12-19(20)26-4-2)11-16(14-23)21(25)24-17-8-6-5-7-9-17/h1,5-9,11-13H,4,10H2,2H3,(H,24,25)/b16-11+. The third-order valence-corrected chi connectivity index (χ3v) is 4.06. The number of rotatable bonds is 7. The molecule has 1 amide bonds. The first kappa shape index (κ1) is 20.1. The molecule has 27 heavy (non-hydrogen) atoms. The molecule has 0 saturated heterocycles. The number of anilines is 1. The Hall–Kier alpha value is -3.22. The summed E-state index contributed by atoms with van der Waals surface area (Å²) in [6.07, 6.45) is 6.71. The van der Waals surface area contributed by atoms with Crippen LogP contribution >= 0.6 is 15.9 Å². The second-order valence-corrected chi connectivity index (χ2v) is 6.09. The van der Waals surface area contributed by atoms with E-state index in [0.29, 0.717) is 33.8 Å². The van der Waals surface area contributed by atoms with Crippen molar-refractivity contribution in [3.05, 3.63) is 58.1 Å². The summed E-state index contributed by atoms with van der Waals surface area (Å²) >= 11 is 3.43.